The number of rotatable bonds is 7. The summed E-state index contributed by atoms with van der Waals surface area (Å²) < 4.78 is 36.9. The first-order valence-corrected chi connectivity index (χ1v) is 11.2. The molecule has 2 aromatic rings. The van der Waals surface area contributed by atoms with Gasteiger partial charge in [-0.1, -0.05) is 11.6 Å². The fourth-order valence-electron chi connectivity index (χ4n) is 4.25. The van der Waals surface area contributed by atoms with Gasteiger partial charge in [0.05, 0.1) is 18.9 Å². The molecule has 3 heterocycles. The van der Waals surface area contributed by atoms with Crippen molar-refractivity contribution in [1.82, 2.24) is 19.6 Å². The zero-order valence-corrected chi connectivity index (χ0v) is 18.5. The van der Waals surface area contributed by atoms with Gasteiger partial charge < -0.3 is 14.4 Å². The second kappa shape index (κ2) is 10.6. The summed E-state index contributed by atoms with van der Waals surface area (Å²) >= 11 is 6.02. The predicted octanol–water partition coefficient (Wildman–Crippen LogP) is 3.38. The van der Waals surface area contributed by atoms with Crippen molar-refractivity contribution in [1.29, 1.82) is 0 Å². The van der Waals surface area contributed by atoms with E-state index in [-0.39, 0.29) is 18.2 Å². The molecule has 2 fully saturated rings. The van der Waals surface area contributed by atoms with Gasteiger partial charge in [-0.3, -0.25) is 14.4 Å². The van der Waals surface area contributed by atoms with Crippen LogP contribution in [-0.4, -0.2) is 78.0 Å². The maximum atomic E-state index is 12.8. The lowest BCUT2D eigenvalue weighted by Crippen LogP contribution is -2.45. The van der Waals surface area contributed by atoms with Crippen molar-refractivity contribution in [2.45, 2.75) is 26.0 Å². The SMILES string of the molecule is O=C(Cn1ccc(-c2cc(Cl)ccc2OC(F)F)n1)N1CCC(CN2CCOCC2)CC1. The number of benzene rings is 1. The predicted molar refractivity (Wildman–Crippen MR) is 116 cm³/mol. The number of piperidine rings is 1. The summed E-state index contributed by atoms with van der Waals surface area (Å²) in [6.45, 7) is 3.25. The monoisotopic (exact) mass is 468 g/mol. The molecule has 0 N–H and O–H groups in total. The highest BCUT2D eigenvalue weighted by molar-refractivity contribution is 6.30. The molecule has 174 valence electrons. The van der Waals surface area contributed by atoms with Crippen LogP contribution in [0.5, 0.6) is 5.75 Å². The lowest BCUT2D eigenvalue weighted by atomic mass is 9.96. The largest absolute Gasteiger partial charge is 0.434 e. The highest BCUT2D eigenvalue weighted by Crippen LogP contribution is 2.32. The summed E-state index contributed by atoms with van der Waals surface area (Å²) in [7, 11) is 0. The Labute approximate surface area is 190 Å². The summed E-state index contributed by atoms with van der Waals surface area (Å²) in [4.78, 5) is 17.1. The van der Waals surface area contributed by atoms with Crippen LogP contribution in [0, 0.1) is 5.92 Å². The highest BCUT2D eigenvalue weighted by Gasteiger charge is 2.25. The summed E-state index contributed by atoms with van der Waals surface area (Å²) in [5.41, 5.74) is 0.771. The first-order valence-electron chi connectivity index (χ1n) is 10.8. The first kappa shape index (κ1) is 22.9. The van der Waals surface area contributed by atoms with Crippen LogP contribution >= 0.6 is 11.6 Å². The van der Waals surface area contributed by atoms with E-state index in [1.165, 1.54) is 22.9 Å². The van der Waals surface area contributed by atoms with E-state index in [9.17, 15) is 13.6 Å². The van der Waals surface area contributed by atoms with Crippen molar-refractivity contribution in [3.8, 4) is 17.0 Å². The Hall–Kier alpha value is -2.23. The van der Waals surface area contributed by atoms with Crippen molar-refractivity contribution < 1.29 is 23.0 Å². The fourth-order valence-corrected chi connectivity index (χ4v) is 4.42. The lowest BCUT2D eigenvalue weighted by Gasteiger charge is -2.36. The maximum Gasteiger partial charge on any atom is 0.387 e. The number of carbonyl (C=O) groups is 1. The van der Waals surface area contributed by atoms with Crippen LogP contribution in [-0.2, 0) is 16.1 Å². The number of likely N-dealkylation sites (tertiary alicyclic amines) is 1. The molecule has 1 aromatic carbocycles. The third kappa shape index (κ3) is 5.96. The van der Waals surface area contributed by atoms with Gasteiger partial charge in [-0.05, 0) is 43.0 Å². The number of ether oxygens (including phenoxy) is 2. The number of alkyl halides is 2. The Kier molecular flexibility index (Phi) is 7.59. The van der Waals surface area contributed by atoms with Gasteiger partial charge in [0.15, 0.2) is 0 Å². The Morgan fingerprint density at radius 2 is 1.94 bits per heavy atom. The minimum absolute atomic E-state index is 0.000351. The molecule has 0 saturated carbocycles. The van der Waals surface area contributed by atoms with Crippen molar-refractivity contribution in [3.63, 3.8) is 0 Å². The topological polar surface area (TPSA) is 59.8 Å². The Bertz CT molecular complexity index is 912. The summed E-state index contributed by atoms with van der Waals surface area (Å²) in [6, 6.07) is 6.04. The van der Waals surface area contributed by atoms with E-state index in [2.05, 4.69) is 14.7 Å². The highest BCUT2D eigenvalue weighted by atomic mass is 35.5. The molecule has 2 saturated heterocycles. The van der Waals surface area contributed by atoms with Gasteiger partial charge in [0, 0.05) is 49.5 Å². The molecule has 0 radical (unpaired) electrons. The average molecular weight is 469 g/mol. The number of hydrogen-bond donors (Lipinski definition) is 0. The smallest absolute Gasteiger partial charge is 0.387 e. The third-order valence-electron chi connectivity index (χ3n) is 5.96. The van der Waals surface area contributed by atoms with Gasteiger partial charge in [0.25, 0.3) is 0 Å². The van der Waals surface area contributed by atoms with Gasteiger partial charge in [-0.15, -0.1) is 0 Å². The van der Waals surface area contributed by atoms with Crippen LogP contribution in [0.3, 0.4) is 0 Å². The van der Waals surface area contributed by atoms with Gasteiger partial charge >= 0.3 is 6.61 Å². The summed E-state index contributed by atoms with van der Waals surface area (Å²) in [5.74, 6) is 0.590. The van der Waals surface area contributed by atoms with Crippen LogP contribution in [0.1, 0.15) is 12.8 Å². The molecule has 1 amide bonds. The molecule has 0 unspecified atom stereocenters. The molecular formula is C22H27ClF2N4O3. The van der Waals surface area contributed by atoms with E-state index in [0.717, 1.165) is 58.8 Å². The number of halogens is 3. The Balaban J connectivity index is 1.32. The van der Waals surface area contributed by atoms with Crippen LogP contribution in [0.4, 0.5) is 8.78 Å². The molecule has 1 aromatic heterocycles. The van der Waals surface area contributed by atoms with Crippen molar-refractivity contribution >= 4 is 17.5 Å². The van der Waals surface area contributed by atoms with Crippen LogP contribution < -0.4 is 4.74 Å². The molecule has 7 nitrogen and oxygen atoms in total. The van der Waals surface area contributed by atoms with Crippen LogP contribution in [0.15, 0.2) is 30.5 Å². The molecule has 2 aliphatic rings. The van der Waals surface area contributed by atoms with Crippen molar-refractivity contribution in [3.05, 3.63) is 35.5 Å². The van der Waals surface area contributed by atoms with Crippen molar-refractivity contribution in [2.75, 3.05) is 45.9 Å². The molecular weight excluding hydrogens is 442 g/mol. The molecule has 0 spiro atoms. The van der Waals surface area contributed by atoms with E-state index < -0.39 is 6.61 Å². The zero-order chi connectivity index (χ0) is 22.5. The van der Waals surface area contributed by atoms with E-state index in [4.69, 9.17) is 16.3 Å². The second-order valence-corrected chi connectivity index (χ2v) is 8.59. The molecule has 4 rings (SSSR count). The van der Waals surface area contributed by atoms with Gasteiger partial charge in [-0.25, -0.2) is 0 Å². The molecule has 0 aliphatic carbocycles. The Morgan fingerprint density at radius 1 is 1.19 bits per heavy atom. The average Bonchev–Trinajstić information content (AvgIpc) is 3.24. The van der Waals surface area contributed by atoms with Gasteiger partial charge in [0.2, 0.25) is 5.91 Å². The molecule has 2 aliphatic heterocycles. The fraction of sp³-hybridized carbons (Fsp3) is 0.545. The number of morpholine rings is 1. The maximum absolute atomic E-state index is 12.8. The minimum Gasteiger partial charge on any atom is -0.434 e. The molecule has 0 bridgehead atoms. The molecule has 0 atom stereocenters. The Morgan fingerprint density at radius 3 is 2.66 bits per heavy atom. The van der Waals surface area contributed by atoms with E-state index in [1.807, 2.05) is 4.90 Å². The summed E-state index contributed by atoms with van der Waals surface area (Å²) in [5, 5.41) is 4.77. The number of nitrogens with zero attached hydrogens (tertiary/aromatic N) is 4. The first-order chi connectivity index (χ1) is 15.5. The van der Waals surface area contributed by atoms with Crippen LogP contribution in [0.2, 0.25) is 5.02 Å². The van der Waals surface area contributed by atoms with Gasteiger partial charge in [-0.2, -0.15) is 13.9 Å². The van der Waals surface area contributed by atoms with Crippen molar-refractivity contribution in [2.24, 2.45) is 5.92 Å². The second-order valence-electron chi connectivity index (χ2n) is 8.15. The number of amides is 1. The number of carbonyl (C=O) groups excluding carboxylic acids is 1. The summed E-state index contributed by atoms with van der Waals surface area (Å²) in [6.07, 6.45) is 3.64. The van der Waals surface area contributed by atoms with Gasteiger partial charge in [0.1, 0.15) is 12.3 Å². The molecule has 32 heavy (non-hydrogen) atoms. The molecule has 10 heteroatoms. The number of aromatic nitrogens is 2. The zero-order valence-electron chi connectivity index (χ0n) is 17.8. The van der Waals surface area contributed by atoms with E-state index in [1.54, 1.807) is 12.3 Å². The minimum atomic E-state index is -2.95. The normalized spacial score (nSPS) is 18.3. The number of hydrogen-bond acceptors (Lipinski definition) is 5. The van der Waals surface area contributed by atoms with E-state index in [0.29, 0.717) is 22.2 Å². The quantitative estimate of drug-likeness (QED) is 0.623. The van der Waals surface area contributed by atoms with E-state index >= 15 is 0 Å². The standard InChI is InChI=1S/C22H27ClF2N4O3/c23-17-1-2-20(32-22(24)25)18(13-17)19-5-8-29(26-19)15-21(30)28-6-3-16(4-7-28)14-27-9-11-31-12-10-27/h1-2,5,8,13,16,22H,3-4,6-7,9-12,14-15H2. The lowest BCUT2D eigenvalue weighted by molar-refractivity contribution is -0.133. The third-order valence-corrected chi connectivity index (χ3v) is 6.19. The van der Waals surface area contributed by atoms with Crippen LogP contribution in [0.25, 0.3) is 11.3 Å².